The highest BCUT2D eigenvalue weighted by molar-refractivity contribution is 9.10. The normalized spacial score (nSPS) is 11.2. The molecule has 114 valence electrons. The van der Waals surface area contributed by atoms with Gasteiger partial charge in [-0.1, -0.05) is 18.2 Å². The van der Waals surface area contributed by atoms with Crippen molar-refractivity contribution in [3.8, 4) is 0 Å². The van der Waals surface area contributed by atoms with Crippen molar-refractivity contribution < 1.29 is 4.92 Å². The topological polar surface area (TPSA) is 90.4 Å². The molecule has 0 atom stereocenters. The summed E-state index contributed by atoms with van der Waals surface area (Å²) in [4.78, 5) is 26.8. The Morgan fingerprint density at radius 2 is 2.04 bits per heavy atom. The van der Waals surface area contributed by atoms with Crippen molar-refractivity contribution in [1.29, 1.82) is 0 Å². The predicted octanol–water partition coefficient (Wildman–Crippen LogP) is 2.95. The second kappa shape index (κ2) is 6.09. The number of nitro groups is 1. The largest absolute Gasteiger partial charge is 0.284 e. The van der Waals surface area contributed by atoms with E-state index in [9.17, 15) is 14.9 Å². The Hall–Kier alpha value is -2.87. The summed E-state index contributed by atoms with van der Waals surface area (Å²) < 4.78 is 1.47. The third kappa shape index (κ3) is 3.02. The van der Waals surface area contributed by atoms with Crippen molar-refractivity contribution >= 4 is 38.7 Å². The number of rotatable bonds is 3. The lowest BCUT2D eigenvalue weighted by molar-refractivity contribution is -0.385. The summed E-state index contributed by atoms with van der Waals surface area (Å²) in [6, 6.07) is 11.5. The molecular formula is C15H9BrN4O3. The van der Waals surface area contributed by atoms with Gasteiger partial charge in [0.2, 0.25) is 0 Å². The van der Waals surface area contributed by atoms with Gasteiger partial charge in [0.25, 0.3) is 11.2 Å². The fourth-order valence-corrected chi connectivity index (χ4v) is 2.41. The zero-order valence-corrected chi connectivity index (χ0v) is 13.2. The van der Waals surface area contributed by atoms with Gasteiger partial charge in [-0.15, -0.1) is 0 Å². The van der Waals surface area contributed by atoms with Crippen molar-refractivity contribution in [2.24, 2.45) is 5.10 Å². The highest BCUT2D eigenvalue weighted by Crippen LogP contribution is 2.24. The molecule has 0 aliphatic rings. The zero-order chi connectivity index (χ0) is 16.4. The Balaban J connectivity index is 2.01. The molecule has 1 aromatic heterocycles. The van der Waals surface area contributed by atoms with Gasteiger partial charge in [-0.2, -0.15) is 9.78 Å². The second-order valence-corrected chi connectivity index (χ2v) is 5.48. The molecule has 0 aliphatic heterocycles. The van der Waals surface area contributed by atoms with Gasteiger partial charge in [0.05, 0.1) is 26.5 Å². The molecule has 0 saturated carbocycles. The van der Waals surface area contributed by atoms with Gasteiger partial charge in [-0.3, -0.25) is 14.9 Å². The first-order valence-electron chi connectivity index (χ1n) is 6.51. The molecule has 3 aromatic rings. The van der Waals surface area contributed by atoms with Crippen LogP contribution in [0.15, 0.2) is 63.2 Å². The number of hydrogen-bond donors (Lipinski definition) is 0. The highest BCUT2D eigenvalue weighted by Gasteiger charge is 2.11. The average Bonchev–Trinajstić information content (AvgIpc) is 2.55. The molecular weight excluding hydrogens is 364 g/mol. The van der Waals surface area contributed by atoms with Crippen LogP contribution in [0, 0.1) is 10.1 Å². The van der Waals surface area contributed by atoms with Gasteiger partial charge in [-0.05, 0) is 34.1 Å². The summed E-state index contributed by atoms with van der Waals surface area (Å²) in [5, 5.41) is 15.4. The monoisotopic (exact) mass is 372 g/mol. The van der Waals surface area contributed by atoms with Crippen LogP contribution in [0.2, 0.25) is 0 Å². The van der Waals surface area contributed by atoms with Gasteiger partial charge >= 0.3 is 0 Å². The second-order valence-electron chi connectivity index (χ2n) is 4.62. The maximum absolute atomic E-state index is 12.3. The molecule has 1 heterocycles. The minimum atomic E-state index is -0.495. The fraction of sp³-hybridized carbons (Fsp3) is 0. The molecule has 0 spiro atoms. The van der Waals surface area contributed by atoms with Gasteiger partial charge < -0.3 is 0 Å². The molecule has 0 aliphatic carbocycles. The third-order valence-corrected chi connectivity index (χ3v) is 3.82. The highest BCUT2D eigenvalue weighted by atomic mass is 79.9. The van der Waals surface area contributed by atoms with Gasteiger partial charge in [0, 0.05) is 11.6 Å². The molecule has 0 N–H and O–H groups in total. The number of halogens is 1. The van der Waals surface area contributed by atoms with Crippen LogP contribution in [-0.4, -0.2) is 20.8 Å². The molecule has 0 radical (unpaired) electrons. The SMILES string of the molecule is O=c1c2ccccc2ncn1/N=C\c1ccc(Br)c([N+](=O)[O-])c1. The van der Waals surface area contributed by atoms with Crippen molar-refractivity contribution in [1.82, 2.24) is 9.66 Å². The summed E-state index contributed by atoms with van der Waals surface area (Å²) >= 11 is 3.11. The van der Waals surface area contributed by atoms with E-state index in [1.54, 1.807) is 36.4 Å². The molecule has 0 fully saturated rings. The Morgan fingerprint density at radius 3 is 2.83 bits per heavy atom. The predicted molar refractivity (Wildman–Crippen MR) is 89.8 cm³/mol. The van der Waals surface area contributed by atoms with Crippen LogP contribution in [0.25, 0.3) is 10.9 Å². The van der Waals surface area contributed by atoms with E-state index >= 15 is 0 Å². The molecule has 0 amide bonds. The minimum absolute atomic E-state index is 0.0714. The molecule has 0 saturated heterocycles. The Kier molecular flexibility index (Phi) is 3.98. The minimum Gasteiger partial charge on any atom is -0.267 e. The quantitative estimate of drug-likeness (QED) is 0.401. The lowest BCUT2D eigenvalue weighted by atomic mass is 10.2. The van der Waals surface area contributed by atoms with Gasteiger partial charge in [0.15, 0.2) is 0 Å². The maximum Gasteiger partial charge on any atom is 0.284 e. The van der Waals surface area contributed by atoms with Crippen LogP contribution in [0.4, 0.5) is 5.69 Å². The Bertz CT molecular complexity index is 997. The number of para-hydroxylation sites is 1. The first kappa shape index (κ1) is 15.0. The van der Waals surface area contributed by atoms with Crippen LogP contribution in [0.1, 0.15) is 5.56 Å². The average molecular weight is 373 g/mol. The van der Waals surface area contributed by atoms with Crippen LogP contribution < -0.4 is 5.56 Å². The van der Waals surface area contributed by atoms with E-state index in [-0.39, 0.29) is 11.2 Å². The first-order chi connectivity index (χ1) is 11.1. The maximum atomic E-state index is 12.3. The van der Waals surface area contributed by atoms with Crippen molar-refractivity contribution in [2.45, 2.75) is 0 Å². The van der Waals surface area contributed by atoms with Crippen molar-refractivity contribution in [3.63, 3.8) is 0 Å². The van der Waals surface area contributed by atoms with E-state index in [2.05, 4.69) is 26.0 Å². The number of hydrogen-bond acceptors (Lipinski definition) is 5. The van der Waals surface area contributed by atoms with Crippen molar-refractivity contribution in [3.05, 3.63) is 79.3 Å². The van der Waals surface area contributed by atoms with E-state index < -0.39 is 4.92 Å². The van der Waals surface area contributed by atoms with Crippen LogP contribution in [0.3, 0.4) is 0 Å². The van der Waals surface area contributed by atoms with E-state index in [1.165, 1.54) is 18.6 Å². The molecule has 8 heteroatoms. The number of fused-ring (bicyclic) bond motifs is 1. The molecule has 3 rings (SSSR count). The van der Waals surface area contributed by atoms with E-state index in [0.717, 1.165) is 4.68 Å². The van der Waals surface area contributed by atoms with E-state index in [0.29, 0.717) is 20.9 Å². The summed E-state index contributed by atoms with van der Waals surface area (Å²) in [5.41, 5.74) is 0.708. The molecule has 0 unspecified atom stereocenters. The molecule has 2 aromatic carbocycles. The molecule has 0 bridgehead atoms. The lowest BCUT2D eigenvalue weighted by Gasteiger charge is -2.00. The molecule has 23 heavy (non-hydrogen) atoms. The summed E-state index contributed by atoms with van der Waals surface area (Å²) in [7, 11) is 0. The number of aromatic nitrogens is 2. The smallest absolute Gasteiger partial charge is 0.267 e. The van der Waals surface area contributed by atoms with Crippen LogP contribution >= 0.6 is 15.9 Å². The third-order valence-electron chi connectivity index (χ3n) is 3.15. The van der Waals surface area contributed by atoms with Gasteiger partial charge in [0.1, 0.15) is 6.33 Å². The summed E-state index contributed by atoms with van der Waals surface area (Å²) in [6.07, 6.45) is 2.69. The van der Waals surface area contributed by atoms with E-state index in [4.69, 9.17) is 0 Å². The lowest BCUT2D eigenvalue weighted by Crippen LogP contribution is -2.16. The summed E-state index contributed by atoms with van der Waals surface area (Å²) in [5.74, 6) is 0. The zero-order valence-electron chi connectivity index (χ0n) is 11.6. The van der Waals surface area contributed by atoms with Gasteiger partial charge in [-0.25, -0.2) is 4.98 Å². The van der Waals surface area contributed by atoms with Crippen LogP contribution in [0.5, 0.6) is 0 Å². The first-order valence-corrected chi connectivity index (χ1v) is 7.30. The number of nitro benzene ring substituents is 1. The standard InChI is InChI=1S/C15H9BrN4O3/c16-12-6-5-10(7-14(12)20(22)23)8-18-19-9-17-13-4-2-1-3-11(13)15(19)21/h1-9H/b18-8-. The Morgan fingerprint density at radius 1 is 1.26 bits per heavy atom. The summed E-state index contributed by atoms with van der Waals surface area (Å²) in [6.45, 7) is 0. The Labute approximate surface area is 138 Å². The number of nitrogens with zero attached hydrogens (tertiary/aromatic N) is 4. The van der Waals surface area contributed by atoms with Crippen LogP contribution in [-0.2, 0) is 0 Å². The van der Waals surface area contributed by atoms with E-state index in [1.807, 2.05) is 0 Å². The van der Waals surface area contributed by atoms with Crippen molar-refractivity contribution in [2.75, 3.05) is 0 Å². The molecule has 7 nitrogen and oxygen atoms in total. The fourth-order valence-electron chi connectivity index (χ4n) is 2.02. The number of benzene rings is 2.